The summed E-state index contributed by atoms with van der Waals surface area (Å²) in [6.07, 6.45) is 2.00. The molecule has 0 saturated carbocycles. The molecule has 132 valence electrons. The standard InChI is InChI=1S/C19H19BrO5/c1-3-4-11-24-17-10-9-13(12-15(17)20)18(21)25-16-8-6-5-7-14(16)19(22)23-2/h5-10,12H,3-4,11H2,1-2H3. The summed E-state index contributed by atoms with van der Waals surface area (Å²) < 4.78 is 16.3. The van der Waals surface area contributed by atoms with Crippen LogP contribution in [0.1, 0.15) is 40.5 Å². The highest BCUT2D eigenvalue weighted by atomic mass is 79.9. The van der Waals surface area contributed by atoms with E-state index in [9.17, 15) is 9.59 Å². The molecule has 0 spiro atoms. The first-order chi connectivity index (χ1) is 12.1. The number of unbranched alkanes of at least 4 members (excludes halogenated alkanes) is 1. The molecule has 0 aliphatic rings. The zero-order valence-corrected chi connectivity index (χ0v) is 15.7. The van der Waals surface area contributed by atoms with Gasteiger partial charge in [-0.3, -0.25) is 0 Å². The first kappa shape index (κ1) is 19.0. The Hall–Kier alpha value is -2.34. The van der Waals surface area contributed by atoms with E-state index in [4.69, 9.17) is 14.2 Å². The van der Waals surface area contributed by atoms with Crippen molar-refractivity contribution in [2.75, 3.05) is 13.7 Å². The molecule has 0 aliphatic heterocycles. The molecule has 25 heavy (non-hydrogen) atoms. The van der Waals surface area contributed by atoms with E-state index in [0.717, 1.165) is 12.8 Å². The van der Waals surface area contributed by atoms with E-state index >= 15 is 0 Å². The van der Waals surface area contributed by atoms with Gasteiger partial charge in [0.2, 0.25) is 0 Å². The van der Waals surface area contributed by atoms with E-state index in [-0.39, 0.29) is 11.3 Å². The molecule has 0 bridgehead atoms. The molecule has 0 N–H and O–H groups in total. The second-order valence-electron chi connectivity index (χ2n) is 5.22. The number of halogens is 1. The average Bonchev–Trinajstić information content (AvgIpc) is 2.63. The molecule has 2 aromatic carbocycles. The number of rotatable bonds is 7. The van der Waals surface area contributed by atoms with Crippen LogP contribution in [0.3, 0.4) is 0 Å². The maximum atomic E-state index is 12.4. The Morgan fingerprint density at radius 2 is 1.80 bits per heavy atom. The summed E-state index contributed by atoms with van der Waals surface area (Å²) in [6.45, 7) is 2.70. The summed E-state index contributed by atoms with van der Waals surface area (Å²) in [6, 6.07) is 11.4. The average molecular weight is 407 g/mol. The summed E-state index contributed by atoms with van der Waals surface area (Å²) in [5.41, 5.74) is 0.534. The summed E-state index contributed by atoms with van der Waals surface area (Å²) in [7, 11) is 1.27. The number of ether oxygens (including phenoxy) is 3. The maximum absolute atomic E-state index is 12.4. The van der Waals surface area contributed by atoms with Gasteiger partial charge in [0.25, 0.3) is 0 Å². The third kappa shape index (κ3) is 5.06. The van der Waals surface area contributed by atoms with E-state index in [0.29, 0.717) is 22.4 Å². The van der Waals surface area contributed by atoms with Gasteiger partial charge in [-0.15, -0.1) is 0 Å². The normalized spacial score (nSPS) is 10.2. The van der Waals surface area contributed by atoms with Crippen molar-refractivity contribution < 1.29 is 23.8 Å². The van der Waals surface area contributed by atoms with Crippen molar-refractivity contribution in [2.24, 2.45) is 0 Å². The van der Waals surface area contributed by atoms with Crippen molar-refractivity contribution in [3.05, 3.63) is 58.1 Å². The van der Waals surface area contributed by atoms with E-state index < -0.39 is 11.9 Å². The molecule has 2 rings (SSSR count). The highest BCUT2D eigenvalue weighted by Crippen LogP contribution is 2.27. The Kier molecular flexibility index (Phi) is 7.01. The Labute approximate surface area is 155 Å². The summed E-state index contributed by atoms with van der Waals surface area (Å²) >= 11 is 3.39. The van der Waals surface area contributed by atoms with Crippen LogP contribution >= 0.6 is 15.9 Å². The van der Waals surface area contributed by atoms with Crippen molar-refractivity contribution in [3.63, 3.8) is 0 Å². The number of para-hydroxylation sites is 1. The lowest BCUT2D eigenvalue weighted by molar-refractivity contribution is 0.0593. The van der Waals surface area contributed by atoms with Gasteiger partial charge in [0, 0.05) is 0 Å². The minimum Gasteiger partial charge on any atom is -0.492 e. The maximum Gasteiger partial charge on any atom is 0.343 e. The second kappa shape index (κ2) is 9.22. The number of benzene rings is 2. The quantitative estimate of drug-likeness (QED) is 0.380. The SMILES string of the molecule is CCCCOc1ccc(C(=O)Oc2ccccc2C(=O)OC)cc1Br. The molecule has 0 heterocycles. The second-order valence-corrected chi connectivity index (χ2v) is 6.08. The molecule has 0 saturated heterocycles. The Morgan fingerprint density at radius 1 is 1.04 bits per heavy atom. The molecule has 5 nitrogen and oxygen atoms in total. The highest BCUT2D eigenvalue weighted by Gasteiger charge is 2.17. The van der Waals surface area contributed by atoms with Gasteiger partial charge in [-0.2, -0.15) is 0 Å². The molecule has 0 aliphatic carbocycles. The number of methoxy groups -OCH3 is 1. The first-order valence-electron chi connectivity index (χ1n) is 7.88. The lowest BCUT2D eigenvalue weighted by atomic mass is 10.2. The minimum absolute atomic E-state index is 0.152. The van der Waals surface area contributed by atoms with Crippen LogP contribution in [0.15, 0.2) is 46.9 Å². The van der Waals surface area contributed by atoms with Crippen LogP contribution < -0.4 is 9.47 Å². The van der Waals surface area contributed by atoms with E-state index in [1.54, 1.807) is 36.4 Å². The molecular weight excluding hydrogens is 388 g/mol. The number of hydrogen-bond donors (Lipinski definition) is 0. The Balaban J connectivity index is 2.14. The zero-order chi connectivity index (χ0) is 18.2. The molecule has 6 heteroatoms. The van der Waals surface area contributed by atoms with Crippen LogP contribution in [-0.4, -0.2) is 25.7 Å². The summed E-state index contributed by atoms with van der Waals surface area (Å²) in [5.74, 6) is -0.319. The largest absolute Gasteiger partial charge is 0.492 e. The predicted octanol–water partition coefficient (Wildman–Crippen LogP) is 4.63. The first-order valence-corrected chi connectivity index (χ1v) is 8.68. The van der Waals surface area contributed by atoms with Gasteiger partial charge in [-0.25, -0.2) is 9.59 Å². The zero-order valence-electron chi connectivity index (χ0n) is 14.1. The summed E-state index contributed by atoms with van der Waals surface area (Å²) in [4.78, 5) is 24.1. The lowest BCUT2D eigenvalue weighted by Gasteiger charge is -2.11. The smallest absolute Gasteiger partial charge is 0.343 e. The fraction of sp³-hybridized carbons (Fsp3) is 0.263. The van der Waals surface area contributed by atoms with Crippen molar-refractivity contribution in [3.8, 4) is 11.5 Å². The molecule has 0 aromatic heterocycles. The van der Waals surface area contributed by atoms with Gasteiger partial charge in [0.1, 0.15) is 17.1 Å². The van der Waals surface area contributed by atoms with Crippen molar-refractivity contribution in [1.82, 2.24) is 0 Å². The fourth-order valence-corrected chi connectivity index (χ4v) is 2.56. The van der Waals surface area contributed by atoms with Crippen LogP contribution in [0.5, 0.6) is 11.5 Å². The number of esters is 2. The number of hydrogen-bond acceptors (Lipinski definition) is 5. The van der Waals surface area contributed by atoms with Crippen molar-refractivity contribution in [2.45, 2.75) is 19.8 Å². The van der Waals surface area contributed by atoms with Gasteiger partial charge in [-0.1, -0.05) is 25.5 Å². The van der Waals surface area contributed by atoms with Gasteiger partial charge < -0.3 is 14.2 Å². The van der Waals surface area contributed by atoms with Gasteiger partial charge >= 0.3 is 11.9 Å². The van der Waals surface area contributed by atoms with Crippen LogP contribution in [-0.2, 0) is 4.74 Å². The number of carbonyl (C=O) groups is 2. The topological polar surface area (TPSA) is 61.8 Å². The van der Waals surface area contributed by atoms with Crippen molar-refractivity contribution in [1.29, 1.82) is 0 Å². The van der Waals surface area contributed by atoms with Crippen molar-refractivity contribution >= 4 is 27.9 Å². The molecule has 0 unspecified atom stereocenters. The van der Waals surface area contributed by atoms with Crippen LogP contribution in [0, 0.1) is 0 Å². The van der Waals surface area contributed by atoms with E-state index in [1.165, 1.54) is 13.2 Å². The lowest BCUT2D eigenvalue weighted by Crippen LogP contribution is -2.12. The van der Waals surface area contributed by atoms with Gasteiger partial charge in [0.05, 0.1) is 23.8 Å². The molecule has 0 atom stereocenters. The molecule has 0 amide bonds. The van der Waals surface area contributed by atoms with E-state index in [1.807, 2.05) is 0 Å². The van der Waals surface area contributed by atoms with Crippen LogP contribution in [0.2, 0.25) is 0 Å². The van der Waals surface area contributed by atoms with Crippen LogP contribution in [0.4, 0.5) is 0 Å². The summed E-state index contributed by atoms with van der Waals surface area (Å²) in [5, 5.41) is 0. The minimum atomic E-state index is -0.572. The van der Waals surface area contributed by atoms with Gasteiger partial charge in [-0.05, 0) is 52.7 Å². The third-order valence-electron chi connectivity index (χ3n) is 3.42. The monoisotopic (exact) mass is 406 g/mol. The Morgan fingerprint density at radius 3 is 2.48 bits per heavy atom. The Bertz CT molecular complexity index is 757. The highest BCUT2D eigenvalue weighted by molar-refractivity contribution is 9.10. The molecule has 0 radical (unpaired) electrons. The fourth-order valence-electron chi connectivity index (χ4n) is 2.06. The molecule has 2 aromatic rings. The van der Waals surface area contributed by atoms with Gasteiger partial charge in [0.15, 0.2) is 0 Å². The predicted molar refractivity (Wildman–Crippen MR) is 97.3 cm³/mol. The third-order valence-corrected chi connectivity index (χ3v) is 4.04. The van der Waals surface area contributed by atoms with E-state index in [2.05, 4.69) is 22.9 Å². The molecular formula is C19H19BrO5. The van der Waals surface area contributed by atoms with Crippen LogP contribution in [0.25, 0.3) is 0 Å². The number of carbonyl (C=O) groups excluding carboxylic acids is 2. The molecule has 0 fully saturated rings.